The summed E-state index contributed by atoms with van der Waals surface area (Å²) < 4.78 is 27.1. The Morgan fingerprint density at radius 3 is 2.25 bits per heavy atom. The third-order valence-corrected chi connectivity index (χ3v) is 6.57. The van der Waals surface area contributed by atoms with Crippen LogP contribution in [0.3, 0.4) is 0 Å². The highest BCUT2D eigenvalue weighted by atomic mass is 79.9. The van der Waals surface area contributed by atoms with Gasteiger partial charge < -0.3 is 10.2 Å². The summed E-state index contributed by atoms with van der Waals surface area (Å²) in [6, 6.07) is 12.0. The van der Waals surface area contributed by atoms with Gasteiger partial charge in [-0.25, -0.2) is 8.42 Å². The van der Waals surface area contributed by atoms with E-state index in [1.807, 2.05) is 44.2 Å². The maximum atomic E-state index is 13.4. The molecule has 0 saturated heterocycles. The zero-order chi connectivity index (χ0) is 24.1. The molecule has 7 nitrogen and oxygen atoms in total. The van der Waals surface area contributed by atoms with Crippen molar-refractivity contribution in [3.05, 3.63) is 63.6 Å². The van der Waals surface area contributed by atoms with Gasteiger partial charge in [-0.3, -0.25) is 13.9 Å². The summed E-state index contributed by atoms with van der Waals surface area (Å²) in [5.74, 6) is -0.763. The average molecular weight is 524 g/mol. The molecule has 2 aromatic rings. The summed E-state index contributed by atoms with van der Waals surface area (Å²) in [5, 5.41) is 2.73. The summed E-state index contributed by atoms with van der Waals surface area (Å²) >= 11 is 3.42. The Bertz CT molecular complexity index is 1070. The highest BCUT2D eigenvalue weighted by molar-refractivity contribution is 9.10. The Kier molecular flexibility index (Phi) is 8.86. The van der Waals surface area contributed by atoms with E-state index in [1.165, 1.54) is 4.90 Å². The monoisotopic (exact) mass is 523 g/mol. The van der Waals surface area contributed by atoms with Crippen LogP contribution in [-0.4, -0.2) is 50.5 Å². The largest absolute Gasteiger partial charge is 0.355 e. The van der Waals surface area contributed by atoms with Gasteiger partial charge in [0.2, 0.25) is 21.8 Å². The number of amides is 2. The predicted octanol–water partition coefficient (Wildman–Crippen LogP) is 3.39. The molecule has 2 amide bonds. The molecule has 1 atom stereocenters. The SMILES string of the molecule is CCNC(=O)[C@@H](C)N(Cc1cccc(Br)c1)C(=O)CN(c1cc(C)cc(C)c1)S(C)(=O)=O. The number of sulfonamides is 1. The first-order valence-electron chi connectivity index (χ1n) is 10.3. The zero-order valence-electron chi connectivity index (χ0n) is 19.1. The first kappa shape index (κ1) is 25.9. The molecular weight excluding hydrogens is 494 g/mol. The van der Waals surface area contributed by atoms with Crippen molar-refractivity contribution in [3.8, 4) is 0 Å². The number of benzene rings is 2. The van der Waals surface area contributed by atoms with E-state index in [1.54, 1.807) is 26.0 Å². The minimum atomic E-state index is -3.74. The molecule has 0 heterocycles. The van der Waals surface area contributed by atoms with Crippen molar-refractivity contribution in [1.82, 2.24) is 10.2 Å². The molecule has 2 aromatic carbocycles. The molecule has 0 radical (unpaired) electrons. The fourth-order valence-corrected chi connectivity index (χ4v) is 4.72. The smallest absolute Gasteiger partial charge is 0.244 e. The van der Waals surface area contributed by atoms with Crippen molar-refractivity contribution in [2.24, 2.45) is 0 Å². The van der Waals surface area contributed by atoms with E-state index in [9.17, 15) is 18.0 Å². The van der Waals surface area contributed by atoms with E-state index < -0.39 is 28.5 Å². The second-order valence-electron chi connectivity index (χ2n) is 7.84. The van der Waals surface area contributed by atoms with E-state index >= 15 is 0 Å². The molecule has 32 heavy (non-hydrogen) atoms. The molecule has 0 saturated carbocycles. The molecule has 2 rings (SSSR count). The molecule has 0 aromatic heterocycles. The first-order valence-corrected chi connectivity index (χ1v) is 12.9. The third-order valence-electron chi connectivity index (χ3n) is 4.93. The standard InChI is InChI=1S/C23H30BrN3O4S/c1-6-25-23(29)18(4)26(14-19-8-7-9-20(24)13-19)22(28)15-27(32(5,30)31)21-11-16(2)10-17(3)12-21/h7-13,18H,6,14-15H2,1-5H3,(H,25,29)/t18-/m1/s1. The topological polar surface area (TPSA) is 86.8 Å². The van der Waals surface area contributed by atoms with Crippen LogP contribution < -0.4 is 9.62 Å². The Labute approximate surface area is 199 Å². The number of anilines is 1. The van der Waals surface area contributed by atoms with Gasteiger partial charge in [-0.05, 0) is 68.7 Å². The van der Waals surface area contributed by atoms with Crippen LogP contribution in [0, 0.1) is 13.8 Å². The van der Waals surface area contributed by atoms with Gasteiger partial charge in [-0.1, -0.05) is 34.1 Å². The number of rotatable bonds is 9. The van der Waals surface area contributed by atoms with Gasteiger partial charge in [0.25, 0.3) is 0 Å². The van der Waals surface area contributed by atoms with E-state index in [0.29, 0.717) is 12.2 Å². The quantitative estimate of drug-likeness (QED) is 0.545. The first-order chi connectivity index (χ1) is 14.9. The minimum absolute atomic E-state index is 0.168. The minimum Gasteiger partial charge on any atom is -0.355 e. The highest BCUT2D eigenvalue weighted by Gasteiger charge is 2.30. The lowest BCUT2D eigenvalue weighted by atomic mass is 10.1. The van der Waals surface area contributed by atoms with E-state index in [2.05, 4.69) is 21.2 Å². The number of hydrogen-bond donors (Lipinski definition) is 1. The van der Waals surface area contributed by atoms with Crippen LogP contribution in [0.1, 0.15) is 30.5 Å². The van der Waals surface area contributed by atoms with Crippen LogP contribution in [0.2, 0.25) is 0 Å². The van der Waals surface area contributed by atoms with Gasteiger partial charge in [0.15, 0.2) is 0 Å². The maximum absolute atomic E-state index is 13.4. The summed E-state index contributed by atoms with van der Waals surface area (Å²) in [7, 11) is -3.74. The summed E-state index contributed by atoms with van der Waals surface area (Å²) in [6.07, 6.45) is 1.07. The molecule has 0 aliphatic carbocycles. The number of aryl methyl sites for hydroxylation is 2. The molecular formula is C23H30BrN3O4S. The second kappa shape index (κ2) is 11.0. The average Bonchev–Trinajstić information content (AvgIpc) is 2.68. The lowest BCUT2D eigenvalue weighted by molar-refractivity contribution is -0.139. The maximum Gasteiger partial charge on any atom is 0.244 e. The fourth-order valence-electron chi connectivity index (χ4n) is 3.44. The van der Waals surface area contributed by atoms with Crippen molar-refractivity contribution >= 4 is 43.5 Å². The number of hydrogen-bond acceptors (Lipinski definition) is 4. The van der Waals surface area contributed by atoms with Crippen molar-refractivity contribution < 1.29 is 18.0 Å². The lowest BCUT2D eigenvalue weighted by Crippen LogP contribution is -2.51. The zero-order valence-corrected chi connectivity index (χ0v) is 21.5. The van der Waals surface area contributed by atoms with E-state index in [4.69, 9.17) is 0 Å². The van der Waals surface area contributed by atoms with Crippen LogP contribution in [0.15, 0.2) is 46.9 Å². The number of halogens is 1. The Hall–Kier alpha value is -2.39. The lowest BCUT2D eigenvalue weighted by Gasteiger charge is -2.31. The van der Waals surface area contributed by atoms with Gasteiger partial charge in [-0.2, -0.15) is 0 Å². The Balaban J connectivity index is 2.42. The van der Waals surface area contributed by atoms with Crippen LogP contribution >= 0.6 is 15.9 Å². The predicted molar refractivity (Wildman–Crippen MR) is 131 cm³/mol. The van der Waals surface area contributed by atoms with Crippen molar-refractivity contribution in [1.29, 1.82) is 0 Å². The summed E-state index contributed by atoms with van der Waals surface area (Å²) in [5.41, 5.74) is 3.03. The molecule has 9 heteroatoms. The molecule has 0 unspecified atom stereocenters. The Morgan fingerprint density at radius 1 is 1.09 bits per heavy atom. The van der Waals surface area contributed by atoms with Crippen LogP contribution in [0.4, 0.5) is 5.69 Å². The molecule has 174 valence electrons. The molecule has 0 aliphatic heterocycles. The normalized spacial score (nSPS) is 12.2. The Morgan fingerprint density at radius 2 is 1.72 bits per heavy atom. The van der Waals surface area contributed by atoms with Gasteiger partial charge in [0.05, 0.1) is 11.9 Å². The molecule has 0 aliphatic rings. The van der Waals surface area contributed by atoms with Crippen molar-refractivity contribution in [2.75, 3.05) is 23.7 Å². The van der Waals surface area contributed by atoms with Gasteiger partial charge >= 0.3 is 0 Å². The number of carbonyl (C=O) groups is 2. The van der Waals surface area contributed by atoms with E-state index in [0.717, 1.165) is 31.7 Å². The molecule has 1 N–H and O–H groups in total. The molecule has 0 bridgehead atoms. The fraction of sp³-hybridized carbons (Fsp3) is 0.391. The van der Waals surface area contributed by atoms with Gasteiger partial charge in [-0.15, -0.1) is 0 Å². The number of nitrogens with one attached hydrogen (secondary N) is 1. The van der Waals surface area contributed by atoms with Crippen LogP contribution in [0.25, 0.3) is 0 Å². The van der Waals surface area contributed by atoms with Gasteiger partial charge in [0.1, 0.15) is 12.6 Å². The molecule has 0 fully saturated rings. The molecule has 0 spiro atoms. The number of carbonyl (C=O) groups excluding carboxylic acids is 2. The van der Waals surface area contributed by atoms with Gasteiger partial charge in [0, 0.05) is 17.6 Å². The van der Waals surface area contributed by atoms with Crippen LogP contribution in [0.5, 0.6) is 0 Å². The second-order valence-corrected chi connectivity index (χ2v) is 10.7. The summed E-state index contributed by atoms with van der Waals surface area (Å²) in [4.78, 5) is 27.4. The highest BCUT2D eigenvalue weighted by Crippen LogP contribution is 2.22. The van der Waals surface area contributed by atoms with E-state index in [-0.39, 0.29) is 12.5 Å². The number of likely N-dealkylation sites (N-methyl/N-ethyl adjacent to an activating group) is 1. The summed E-state index contributed by atoms with van der Waals surface area (Å²) in [6.45, 7) is 7.38. The van der Waals surface area contributed by atoms with Crippen LogP contribution in [-0.2, 0) is 26.2 Å². The number of nitrogens with zero attached hydrogens (tertiary/aromatic N) is 2. The van der Waals surface area contributed by atoms with Crippen molar-refractivity contribution in [2.45, 2.75) is 40.3 Å². The third kappa shape index (κ3) is 7.06. The van der Waals surface area contributed by atoms with Crippen molar-refractivity contribution in [3.63, 3.8) is 0 Å².